The zero-order chi connectivity index (χ0) is 11.4. The Kier molecular flexibility index (Phi) is 3.45. The predicted molar refractivity (Wildman–Crippen MR) is 67.9 cm³/mol. The molecule has 84 valence electrons. The van der Waals surface area contributed by atoms with Crippen molar-refractivity contribution >= 4 is 0 Å². The lowest BCUT2D eigenvalue weighted by molar-refractivity contribution is 0.352. The Balaban J connectivity index is 1.99. The van der Waals surface area contributed by atoms with Crippen molar-refractivity contribution in [3.63, 3.8) is 0 Å². The lowest BCUT2D eigenvalue weighted by Gasteiger charge is -2.11. The highest BCUT2D eigenvalue weighted by Gasteiger charge is 2.02. The van der Waals surface area contributed by atoms with Crippen LogP contribution in [0.5, 0.6) is 5.75 Å². The van der Waals surface area contributed by atoms with Crippen LogP contribution < -0.4 is 4.74 Å². The summed E-state index contributed by atoms with van der Waals surface area (Å²) in [5.41, 5.74) is 3.77. The summed E-state index contributed by atoms with van der Waals surface area (Å²) in [4.78, 5) is 0. The molecule has 0 atom stereocenters. The summed E-state index contributed by atoms with van der Waals surface area (Å²) in [5.74, 6) is 0.991. The van der Waals surface area contributed by atoms with Crippen molar-refractivity contribution in [2.24, 2.45) is 0 Å². The van der Waals surface area contributed by atoms with Gasteiger partial charge in [-0.1, -0.05) is 35.9 Å². The largest absolute Gasteiger partial charge is 0.489 e. The fourth-order valence-corrected chi connectivity index (χ4v) is 1.90. The van der Waals surface area contributed by atoms with Gasteiger partial charge in [-0.15, -0.1) is 0 Å². The maximum atomic E-state index is 5.81. The van der Waals surface area contributed by atoms with Crippen LogP contribution in [0.1, 0.15) is 24.0 Å². The lowest BCUT2D eigenvalue weighted by atomic mass is 10.1. The van der Waals surface area contributed by atoms with Gasteiger partial charge in [0.05, 0.1) is 0 Å². The van der Waals surface area contributed by atoms with E-state index in [1.807, 2.05) is 0 Å². The van der Waals surface area contributed by atoms with E-state index in [-0.39, 0.29) is 0 Å². The maximum Gasteiger partial charge on any atom is 0.122 e. The molecule has 1 aliphatic rings. The molecule has 0 unspecified atom stereocenters. The highest BCUT2D eigenvalue weighted by atomic mass is 16.5. The van der Waals surface area contributed by atoms with Gasteiger partial charge >= 0.3 is 0 Å². The summed E-state index contributed by atoms with van der Waals surface area (Å²) in [5, 5.41) is 0. The number of hydrogen-bond acceptors (Lipinski definition) is 1. The van der Waals surface area contributed by atoms with Gasteiger partial charge in [0, 0.05) is 0 Å². The van der Waals surface area contributed by atoms with Gasteiger partial charge in [0.2, 0.25) is 0 Å². The van der Waals surface area contributed by atoms with Crippen LogP contribution in [0.2, 0.25) is 0 Å². The van der Waals surface area contributed by atoms with Gasteiger partial charge < -0.3 is 4.74 Å². The molecule has 0 N–H and O–H groups in total. The number of hydrogen-bond donors (Lipinski definition) is 0. The Bertz CT molecular complexity index is 427. The van der Waals surface area contributed by atoms with E-state index in [1.165, 1.54) is 16.7 Å². The van der Waals surface area contributed by atoms with Crippen molar-refractivity contribution < 1.29 is 4.74 Å². The van der Waals surface area contributed by atoms with Gasteiger partial charge in [-0.25, -0.2) is 0 Å². The monoisotopic (exact) mass is 214 g/mol. The minimum atomic E-state index is 0.681. The molecular weight excluding hydrogens is 196 g/mol. The molecule has 1 nitrogen and oxygen atoms in total. The van der Waals surface area contributed by atoms with Crippen LogP contribution in [0.3, 0.4) is 0 Å². The van der Waals surface area contributed by atoms with Crippen molar-refractivity contribution in [1.29, 1.82) is 0 Å². The summed E-state index contributed by atoms with van der Waals surface area (Å²) >= 11 is 0. The summed E-state index contributed by atoms with van der Waals surface area (Å²) in [7, 11) is 0. The van der Waals surface area contributed by atoms with Crippen LogP contribution in [0, 0.1) is 13.8 Å². The van der Waals surface area contributed by atoms with Crippen molar-refractivity contribution in [2.45, 2.75) is 26.7 Å². The van der Waals surface area contributed by atoms with Crippen LogP contribution in [0.15, 0.2) is 42.0 Å². The minimum absolute atomic E-state index is 0.681. The quantitative estimate of drug-likeness (QED) is 0.740. The van der Waals surface area contributed by atoms with Gasteiger partial charge in [0.25, 0.3) is 0 Å². The van der Waals surface area contributed by atoms with E-state index in [9.17, 15) is 0 Å². The highest BCUT2D eigenvalue weighted by molar-refractivity contribution is 5.36. The molecule has 1 heteroatoms. The molecule has 16 heavy (non-hydrogen) atoms. The van der Waals surface area contributed by atoms with E-state index in [0.29, 0.717) is 6.61 Å². The molecule has 0 spiro atoms. The lowest BCUT2D eigenvalue weighted by Crippen LogP contribution is -2.02. The van der Waals surface area contributed by atoms with Crippen molar-refractivity contribution in [2.75, 3.05) is 6.61 Å². The first-order valence-electron chi connectivity index (χ1n) is 5.81. The highest BCUT2D eigenvalue weighted by Crippen LogP contribution is 2.20. The normalized spacial score (nSPS) is 14.8. The van der Waals surface area contributed by atoms with Crippen molar-refractivity contribution in [3.8, 4) is 5.75 Å². The topological polar surface area (TPSA) is 9.23 Å². The van der Waals surface area contributed by atoms with E-state index in [2.05, 4.69) is 50.3 Å². The van der Waals surface area contributed by atoms with Crippen LogP contribution in [-0.4, -0.2) is 6.61 Å². The third kappa shape index (κ3) is 2.75. The zero-order valence-electron chi connectivity index (χ0n) is 9.99. The second-order valence-corrected chi connectivity index (χ2v) is 4.32. The first-order chi connectivity index (χ1) is 7.75. The maximum absolute atomic E-state index is 5.81. The number of allylic oxidation sites excluding steroid dienone is 2. The number of ether oxygens (including phenoxy) is 1. The molecule has 0 saturated heterocycles. The molecule has 0 aromatic heterocycles. The van der Waals surface area contributed by atoms with Gasteiger partial charge in [-0.3, -0.25) is 0 Å². The minimum Gasteiger partial charge on any atom is -0.489 e. The van der Waals surface area contributed by atoms with Crippen LogP contribution in [0.25, 0.3) is 0 Å². The third-order valence-corrected chi connectivity index (χ3v) is 2.80. The van der Waals surface area contributed by atoms with Crippen LogP contribution in [0.4, 0.5) is 0 Å². The van der Waals surface area contributed by atoms with E-state index in [4.69, 9.17) is 4.74 Å². The molecule has 0 heterocycles. The summed E-state index contributed by atoms with van der Waals surface area (Å²) in [6, 6.07) is 6.30. The predicted octanol–water partition coefficient (Wildman–Crippen LogP) is 3.96. The second kappa shape index (κ2) is 5.02. The summed E-state index contributed by atoms with van der Waals surface area (Å²) < 4.78 is 5.81. The van der Waals surface area contributed by atoms with Gasteiger partial charge in [0.1, 0.15) is 12.4 Å². The SMILES string of the molecule is Cc1ccc(OCC2=CCCC=C2)c(C)c1. The molecule has 1 aliphatic carbocycles. The van der Waals surface area contributed by atoms with Crippen molar-refractivity contribution in [3.05, 3.63) is 53.1 Å². The van der Waals surface area contributed by atoms with Crippen molar-refractivity contribution in [1.82, 2.24) is 0 Å². The van der Waals surface area contributed by atoms with E-state index in [1.54, 1.807) is 0 Å². The Morgan fingerprint density at radius 3 is 2.75 bits per heavy atom. The standard InChI is InChI=1S/C15H18O/c1-12-8-9-15(13(2)10-12)16-11-14-6-4-3-5-7-14/h4,6-10H,3,5,11H2,1-2H3. The Morgan fingerprint density at radius 1 is 1.19 bits per heavy atom. The summed E-state index contributed by atoms with van der Waals surface area (Å²) in [6.07, 6.45) is 8.92. The van der Waals surface area contributed by atoms with Gasteiger partial charge in [-0.2, -0.15) is 0 Å². The Labute approximate surface area is 97.4 Å². The van der Waals surface area contributed by atoms with E-state index >= 15 is 0 Å². The van der Waals surface area contributed by atoms with E-state index < -0.39 is 0 Å². The zero-order valence-corrected chi connectivity index (χ0v) is 9.99. The fraction of sp³-hybridized carbons (Fsp3) is 0.333. The van der Waals surface area contributed by atoms with Crippen LogP contribution in [-0.2, 0) is 0 Å². The number of benzene rings is 1. The first kappa shape index (κ1) is 11.0. The Hall–Kier alpha value is -1.50. The number of rotatable bonds is 3. The first-order valence-corrected chi connectivity index (χ1v) is 5.81. The second-order valence-electron chi connectivity index (χ2n) is 4.32. The number of aryl methyl sites for hydroxylation is 2. The molecule has 0 radical (unpaired) electrons. The molecule has 2 rings (SSSR count). The van der Waals surface area contributed by atoms with Gasteiger partial charge in [0.15, 0.2) is 0 Å². The molecule has 1 aromatic rings. The third-order valence-electron chi connectivity index (χ3n) is 2.80. The summed E-state index contributed by atoms with van der Waals surface area (Å²) in [6.45, 7) is 4.87. The fourth-order valence-electron chi connectivity index (χ4n) is 1.90. The van der Waals surface area contributed by atoms with Gasteiger partial charge in [-0.05, 0) is 43.9 Å². The average Bonchev–Trinajstić information content (AvgIpc) is 2.29. The molecular formula is C15H18O. The smallest absolute Gasteiger partial charge is 0.122 e. The van der Waals surface area contributed by atoms with E-state index in [0.717, 1.165) is 18.6 Å². The molecule has 0 saturated carbocycles. The molecule has 0 bridgehead atoms. The Morgan fingerprint density at radius 2 is 2.06 bits per heavy atom. The molecule has 0 amide bonds. The average molecular weight is 214 g/mol. The molecule has 0 fully saturated rings. The molecule has 0 aliphatic heterocycles. The van der Waals surface area contributed by atoms with Crippen LogP contribution >= 0.6 is 0 Å². The molecule has 1 aromatic carbocycles.